The molecule has 0 unspecified atom stereocenters. The maximum atomic E-state index is 0. The van der Waals surface area contributed by atoms with Crippen molar-refractivity contribution in [1.82, 2.24) is 0 Å². The standard InChI is InChI=1S/Ca.Dy.Mg.Mn.4H/q+2;;+2;;4*-1. The number of hydrogen-bond donors (Lipinski definition) is 0. The smallest absolute Gasteiger partial charge is 1.00 e. The maximum absolute atomic E-state index is 0. The molecule has 0 aliphatic carbocycles. The predicted octanol–water partition coefficient (Wildman–Crippen LogP) is -0.314. The molecule has 0 heterocycles. The summed E-state index contributed by atoms with van der Waals surface area (Å²) in [6.45, 7) is 0. The summed E-state index contributed by atoms with van der Waals surface area (Å²) in [5, 5.41) is 0. The SMILES string of the molecule is [Ca+2].[Dy].[H-].[H-].[H-].[H-].[Mg+2].[Mn]. The molecule has 0 rings (SSSR count). The van der Waals surface area contributed by atoms with E-state index in [1.54, 1.807) is 0 Å². The van der Waals surface area contributed by atoms with Crippen molar-refractivity contribution in [2.45, 2.75) is 0 Å². The quantitative estimate of drug-likeness (QED) is 0.536. The zero-order valence-electron chi connectivity index (χ0n) is 6.11. The molecule has 0 amide bonds. The largest absolute Gasteiger partial charge is 2.00 e. The molecule has 0 bridgehead atoms. The molecular weight excluding hydrogens is 282 g/mol. The van der Waals surface area contributed by atoms with Gasteiger partial charge in [-0.3, -0.25) is 0 Å². The molecule has 0 fully saturated rings. The summed E-state index contributed by atoms with van der Waals surface area (Å²) in [4.78, 5) is 0. The van der Waals surface area contributed by atoms with Crippen LogP contribution in [-0.4, -0.2) is 60.8 Å². The average Bonchev–Trinajstić information content (AvgIpc) is 0. The van der Waals surface area contributed by atoms with Crippen LogP contribution in [0.2, 0.25) is 0 Å². The van der Waals surface area contributed by atoms with E-state index < -0.39 is 0 Å². The molecule has 1 radical (unpaired) electrons. The molecule has 0 saturated carbocycles. The first kappa shape index (κ1) is 24.9. The van der Waals surface area contributed by atoms with Crippen LogP contribution in [0, 0.1) is 38.2 Å². The molecule has 0 aliphatic heterocycles. The van der Waals surface area contributed by atoms with E-state index in [-0.39, 0.29) is 122 Å². The van der Waals surface area contributed by atoms with Crippen LogP contribution in [0.25, 0.3) is 0 Å². The summed E-state index contributed by atoms with van der Waals surface area (Å²) in [6, 6.07) is 0. The predicted molar refractivity (Wildman–Crippen MR) is 16.0 cm³/mol. The Morgan fingerprint density at radius 2 is 1.25 bits per heavy atom. The van der Waals surface area contributed by atoms with Gasteiger partial charge in [0.25, 0.3) is 0 Å². The van der Waals surface area contributed by atoms with Crippen LogP contribution in [0.1, 0.15) is 5.71 Å². The molecule has 0 spiro atoms. The second-order valence-corrected chi connectivity index (χ2v) is 0. The number of hydrogen-bond acceptors (Lipinski definition) is 0. The van der Waals surface area contributed by atoms with Crippen LogP contribution >= 0.6 is 0 Å². The Bertz CT molecular complexity index is 16.0. The summed E-state index contributed by atoms with van der Waals surface area (Å²) in [7, 11) is 0. The van der Waals surface area contributed by atoms with Gasteiger partial charge in [-0.25, -0.2) is 0 Å². The number of rotatable bonds is 0. The van der Waals surface area contributed by atoms with Crippen molar-refractivity contribution in [2.75, 3.05) is 0 Å². The third-order valence-electron chi connectivity index (χ3n) is 0. The molecule has 0 saturated heterocycles. The Morgan fingerprint density at radius 3 is 1.25 bits per heavy atom. The van der Waals surface area contributed by atoms with Crippen LogP contribution in [0.3, 0.4) is 0 Å². The third kappa shape index (κ3) is 9.26. The normalized spacial score (nSPS) is 0. The molecule has 4 heavy (non-hydrogen) atoms. The van der Waals surface area contributed by atoms with Crippen LogP contribution in [0.15, 0.2) is 0 Å². The maximum Gasteiger partial charge on any atom is 2.00 e. The average molecular weight is 286 g/mol. The molecule has 4 heteroatoms. The van der Waals surface area contributed by atoms with Gasteiger partial charge >= 0.3 is 60.8 Å². The van der Waals surface area contributed by atoms with Crippen molar-refractivity contribution in [3.8, 4) is 0 Å². The second kappa shape index (κ2) is 15.8. The van der Waals surface area contributed by atoms with Gasteiger partial charge in [0.05, 0.1) is 0 Å². The first-order chi connectivity index (χ1) is 0. The van der Waals surface area contributed by atoms with E-state index in [1.165, 1.54) is 0 Å². The van der Waals surface area contributed by atoms with Crippen molar-refractivity contribution in [3.05, 3.63) is 0 Å². The van der Waals surface area contributed by atoms with Gasteiger partial charge in [0.1, 0.15) is 0 Å². The summed E-state index contributed by atoms with van der Waals surface area (Å²) in [6.07, 6.45) is 0. The minimum absolute atomic E-state index is 0. The van der Waals surface area contributed by atoms with Crippen LogP contribution in [0.5, 0.6) is 0 Å². The molecular formula is H4CaDyMgMn. The van der Waals surface area contributed by atoms with Crippen LogP contribution in [0.4, 0.5) is 0 Å². The van der Waals surface area contributed by atoms with E-state index >= 15 is 0 Å². The summed E-state index contributed by atoms with van der Waals surface area (Å²) in [5.41, 5.74) is 0. The van der Waals surface area contributed by atoms with Gasteiger partial charge in [0, 0.05) is 55.2 Å². The van der Waals surface area contributed by atoms with Crippen molar-refractivity contribution in [2.24, 2.45) is 0 Å². The fraction of sp³-hybridized carbons (Fsp3) is 0. The fourth-order valence-corrected chi connectivity index (χ4v) is 0. The summed E-state index contributed by atoms with van der Waals surface area (Å²) in [5.74, 6) is 0. The van der Waals surface area contributed by atoms with E-state index in [0.717, 1.165) is 0 Å². The van der Waals surface area contributed by atoms with E-state index in [1.807, 2.05) is 0 Å². The minimum atomic E-state index is 0. The Labute approximate surface area is 119 Å². The molecule has 25 valence electrons. The summed E-state index contributed by atoms with van der Waals surface area (Å²) >= 11 is 0. The Morgan fingerprint density at radius 1 is 1.25 bits per heavy atom. The van der Waals surface area contributed by atoms with Crippen molar-refractivity contribution in [3.63, 3.8) is 0 Å². The molecule has 0 aromatic carbocycles. The minimum Gasteiger partial charge on any atom is -1.00 e. The van der Waals surface area contributed by atoms with Gasteiger partial charge in [0.15, 0.2) is 0 Å². The van der Waals surface area contributed by atoms with E-state index in [0.29, 0.717) is 0 Å². The van der Waals surface area contributed by atoms with E-state index in [9.17, 15) is 0 Å². The molecule has 0 atom stereocenters. The van der Waals surface area contributed by atoms with Crippen LogP contribution < -0.4 is 0 Å². The van der Waals surface area contributed by atoms with Gasteiger partial charge in [0.2, 0.25) is 0 Å². The van der Waals surface area contributed by atoms with E-state index in [4.69, 9.17) is 0 Å². The first-order valence-electron chi connectivity index (χ1n) is 0. The first-order valence-corrected chi connectivity index (χ1v) is 0. The van der Waals surface area contributed by atoms with Crippen LogP contribution in [-0.2, 0) is 17.1 Å². The molecule has 0 N–H and O–H groups in total. The third-order valence-corrected chi connectivity index (χ3v) is 0. The Balaban J connectivity index is 0. The molecule has 0 nitrogen and oxygen atoms in total. The van der Waals surface area contributed by atoms with Gasteiger partial charge in [-0.05, 0) is 0 Å². The Kier molecular flexibility index (Phi) is 98.7. The molecule has 0 aromatic heterocycles. The van der Waals surface area contributed by atoms with E-state index in [2.05, 4.69) is 0 Å². The Hall–Kier alpha value is 3.82. The zero-order chi connectivity index (χ0) is 0. The fourth-order valence-electron chi connectivity index (χ4n) is 0. The van der Waals surface area contributed by atoms with Gasteiger partial charge in [-0.1, -0.05) is 0 Å². The molecule has 0 aliphatic rings. The van der Waals surface area contributed by atoms with Gasteiger partial charge in [-0.2, -0.15) is 0 Å². The van der Waals surface area contributed by atoms with Gasteiger partial charge < -0.3 is 5.71 Å². The molecule has 0 aromatic rings. The monoisotopic (exact) mass is 287 g/mol. The summed E-state index contributed by atoms with van der Waals surface area (Å²) < 4.78 is 0. The van der Waals surface area contributed by atoms with Gasteiger partial charge in [-0.15, -0.1) is 0 Å². The second-order valence-electron chi connectivity index (χ2n) is 0. The van der Waals surface area contributed by atoms with Crippen molar-refractivity contribution >= 4 is 60.8 Å². The zero-order valence-corrected chi connectivity index (χ0v) is 8.94. The topological polar surface area (TPSA) is 0 Å². The van der Waals surface area contributed by atoms with Crippen molar-refractivity contribution in [1.29, 1.82) is 0 Å². The van der Waals surface area contributed by atoms with Crippen molar-refractivity contribution < 1.29 is 60.9 Å².